The zero-order valence-corrected chi connectivity index (χ0v) is 11.5. The number of nitrogens with zero attached hydrogens (tertiary/aromatic N) is 2. The highest BCUT2D eigenvalue weighted by molar-refractivity contribution is 6.05. The number of pyridine rings is 1. The van der Waals surface area contributed by atoms with Crippen molar-refractivity contribution in [3.05, 3.63) is 30.0 Å². The Morgan fingerprint density at radius 3 is 2.95 bits per heavy atom. The van der Waals surface area contributed by atoms with Crippen molar-refractivity contribution in [3.63, 3.8) is 0 Å². The Labute approximate surface area is 122 Å². The molecule has 0 saturated carbocycles. The lowest BCUT2D eigenvalue weighted by Gasteiger charge is -2.22. The number of nitrogens with one attached hydrogen (secondary N) is 1. The summed E-state index contributed by atoms with van der Waals surface area (Å²) in [5.41, 5.74) is 1.37. The van der Waals surface area contributed by atoms with Crippen molar-refractivity contribution in [2.24, 2.45) is 0 Å². The summed E-state index contributed by atoms with van der Waals surface area (Å²) in [6.07, 6.45) is 2.73. The van der Waals surface area contributed by atoms with Gasteiger partial charge in [0.2, 0.25) is 0 Å². The summed E-state index contributed by atoms with van der Waals surface area (Å²) in [5, 5.41) is 22.9. The fraction of sp³-hybridized carbons (Fsp3) is 0.333. The van der Waals surface area contributed by atoms with E-state index in [1.165, 1.54) is 12.1 Å². The minimum Gasteiger partial charge on any atom is -0.506 e. The van der Waals surface area contributed by atoms with Gasteiger partial charge in [0.1, 0.15) is 11.3 Å². The second kappa shape index (κ2) is 5.57. The lowest BCUT2D eigenvalue weighted by molar-refractivity contribution is 0.0699. The molecule has 2 aromatic rings. The SMILES string of the molecule is O=C(O)c1ccc(O)c2ncc(N3CCCNCC3)cc12. The van der Waals surface area contributed by atoms with Gasteiger partial charge in [0.25, 0.3) is 0 Å². The molecule has 1 aliphatic rings. The number of fused-ring (bicyclic) bond motifs is 1. The van der Waals surface area contributed by atoms with Gasteiger partial charge in [-0.3, -0.25) is 4.98 Å². The highest BCUT2D eigenvalue weighted by Gasteiger charge is 2.15. The maximum atomic E-state index is 11.3. The smallest absolute Gasteiger partial charge is 0.336 e. The standard InChI is InChI=1S/C15H17N3O3/c19-13-3-2-11(15(20)21)12-8-10(9-17-14(12)13)18-6-1-4-16-5-7-18/h2-3,8-9,16,19H,1,4-7H2,(H,20,21). The second-order valence-electron chi connectivity index (χ2n) is 5.12. The molecular weight excluding hydrogens is 270 g/mol. The van der Waals surface area contributed by atoms with E-state index < -0.39 is 5.97 Å². The molecule has 0 spiro atoms. The van der Waals surface area contributed by atoms with Gasteiger partial charge in [0.15, 0.2) is 0 Å². The largest absolute Gasteiger partial charge is 0.506 e. The molecule has 0 unspecified atom stereocenters. The molecule has 1 aliphatic heterocycles. The highest BCUT2D eigenvalue weighted by Crippen LogP contribution is 2.29. The molecule has 6 nitrogen and oxygen atoms in total. The molecular formula is C15H17N3O3. The molecule has 3 rings (SSSR count). The Balaban J connectivity index is 2.09. The number of carboxylic acid groups (broad SMARTS) is 1. The first kappa shape index (κ1) is 13.6. The first-order valence-corrected chi connectivity index (χ1v) is 6.97. The van der Waals surface area contributed by atoms with E-state index >= 15 is 0 Å². The van der Waals surface area contributed by atoms with Crippen molar-refractivity contribution in [3.8, 4) is 5.75 Å². The molecule has 1 fully saturated rings. The van der Waals surface area contributed by atoms with Crippen molar-refractivity contribution in [2.45, 2.75) is 6.42 Å². The molecule has 0 atom stereocenters. The number of benzene rings is 1. The number of phenols is 1. The van der Waals surface area contributed by atoms with Crippen LogP contribution in [0.1, 0.15) is 16.8 Å². The van der Waals surface area contributed by atoms with E-state index in [0.29, 0.717) is 10.9 Å². The Bertz CT molecular complexity index is 679. The summed E-state index contributed by atoms with van der Waals surface area (Å²) in [6.45, 7) is 3.64. The molecule has 2 heterocycles. The van der Waals surface area contributed by atoms with Gasteiger partial charge >= 0.3 is 5.97 Å². The number of hydrogen-bond acceptors (Lipinski definition) is 5. The topological polar surface area (TPSA) is 85.7 Å². The van der Waals surface area contributed by atoms with E-state index in [4.69, 9.17) is 0 Å². The van der Waals surface area contributed by atoms with E-state index in [-0.39, 0.29) is 11.3 Å². The summed E-state index contributed by atoms with van der Waals surface area (Å²) < 4.78 is 0. The number of carboxylic acids is 1. The summed E-state index contributed by atoms with van der Waals surface area (Å²) in [7, 11) is 0. The molecule has 3 N–H and O–H groups in total. The fourth-order valence-corrected chi connectivity index (χ4v) is 2.66. The van der Waals surface area contributed by atoms with Crippen LogP contribution < -0.4 is 10.2 Å². The molecule has 110 valence electrons. The van der Waals surface area contributed by atoms with Crippen molar-refractivity contribution >= 4 is 22.6 Å². The van der Waals surface area contributed by atoms with Gasteiger partial charge < -0.3 is 20.4 Å². The monoisotopic (exact) mass is 287 g/mol. The van der Waals surface area contributed by atoms with Crippen molar-refractivity contribution in [1.29, 1.82) is 0 Å². The van der Waals surface area contributed by atoms with Gasteiger partial charge in [-0.15, -0.1) is 0 Å². The summed E-state index contributed by atoms with van der Waals surface area (Å²) >= 11 is 0. The Morgan fingerprint density at radius 2 is 2.14 bits per heavy atom. The average molecular weight is 287 g/mol. The van der Waals surface area contributed by atoms with Gasteiger partial charge in [-0.1, -0.05) is 0 Å². The van der Waals surface area contributed by atoms with Crippen LogP contribution >= 0.6 is 0 Å². The van der Waals surface area contributed by atoms with Gasteiger partial charge in [-0.2, -0.15) is 0 Å². The zero-order chi connectivity index (χ0) is 14.8. The van der Waals surface area contributed by atoms with Crippen LogP contribution in [-0.4, -0.2) is 47.3 Å². The number of anilines is 1. The number of hydrogen-bond donors (Lipinski definition) is 3. The van der Waals surface area contributed by atoms with Crippen molar-refractivity contribution in [1.82, 2.24) is 10.3 Å². The van der Waals surface area contributed by atoms with Crippen LogP contribution in [0.25, 0.3) is 10.9 Å². The van der Waals surface area contributed by atoms with E-state index in [0.717, 1.165) is 38.3 Å². The Morgan fingerprint density at radius 1 is 1.29 bits per heavy atom. The Kier molecular flexibility index (Phi) is 3.62. The number of aromatic nitrogens is 1. The van der Waals surface area contributed by atoms with Crippen LogP contribution in [0.2, 0.25) is 0 Å². The predicted molar refractivity (Wildman–Crippen MR) is 80.1 cm³/mol. The number of aromatic hydroxyl groups is 1. The molecule has 0 amide bonds. The van der Waals surface area contributed by atoms with Crippen molar-refractivity contribution in [2.75, 3.05) is 31.1 Å². The van der Waals surface area contributed by atoms with E-state index in [1.807, 2.05) is 0 Å². The average Bonchev–Trinajstić information content (AvgIpc) is 2.76. The third-order valence-corrected chi connectivity index (χ3v) is 3.75. The molecule has 0 bridgehead atoms. The maximum Gasteiger partial charge on any atom is 0.336 e. The molecule has 21 heavy (non-hydrogen) atoms. The lowest BCUT2D eigenvalue weighted by atomic mass is 10.1. The second-order valence-corrected chi connectivity index (χ2v) is 5.12. The van der Waals surface area contributed by atoms with Crippen molar-refractivity contribution < 1.29 is 15.0 Å². The summed E-state index contributed by atoms with van der Waals surface area (Å²) in [5.74, 6) is -1.02. The minimum absolute atomic E-state index is 0.000849. The van der Waals surface area contributed by atoms with E-state index in [2.05, 4.69) is 15.2 Å². The zero-order valence-electron chi connectivity index (χ0n) is 11.5. The van der Waals surface area contributed by atoms with E-state index in [1.54, 1.807) is 12.3 Å². The third-order valence-electron chi connectivity index (χ3n) is 3.75. The van der Waals surface area contributed by atoms with Crippen LogP contribution in [0.4, 0.5) is 5.69 Å². The molecule has 6 heteroatoms. The molecule has 1 saturated heterocycles. The fourth-order valence-electron chi connectivity index (χ4n) is 2.66. The molecule has 0 aliphatic carbocycles. The normalized spacial score (nSPS) is 15.9. The first-order valence-electron chi connectivity index (χ1n) is 6.97. The van der Waals surface area contributed by atoms with Gasteiger partial charge in [0, 0.05) is 25.0 Å². The third kappa shape index (κ3) is 2.62. The van der Waals surface area contributed by atoms with Crippen LogP contribution in [-0.2, 0) is 0 Å². The summed E-state index contributed by atoms with van der Waals surface area (Å²) in [6, 6.07) is 4.58. The quantitative estimate of drug-likeness (QED) is 0.775. The first-order chi connectivity index (χ1) is 10.2. The van der Waals surface area contributed by atoms with Crippen LogP contribution in [0, 0.1) is 0 Å². The number of carbonyl (C=O) groups is 1. The highest BCUT2D eigenvalue weighted by atomic mass is 16.4. The molecule has 0 radical (unpaired) electrons. The van der Waals surface area contributed by atoms with E-state index in [9.17, 15) is 15.0 Å². The maximum absolute atomic E-state index is 11.3. The van der Waals surface area contributed by atoms with Gasteiger partial charge in [-0.25, -0.2) is 4.79 Å². The Hall–Kier alpha value is -2.34. The van der Waals surface area contributed by atoms with Gasteiger partial charge in [-0.05, 0) is 31.2 Å². The number of phenolic OH excluding ortho intramolecular Hbond substituents is 1. The number of aromatic carboxylic acids is 1. The van der Waals surface area contributed by atoms with Crippen LogP contribution in [0.15, 0.2) is 24.4 Å². The van der Waals surface area contributed by atoms with Crippen LogP contribution in [0.5, 0.6) is 5.75 Å². The van der Waals surface area contributed by atoms with Crippen LogP contribution in [0.3, 0.4) is 0 Å². The molecule has 1 aromatic heterocycles. The lowest BCUT2D eigenvalue weighted by Crippen LogP contribution is -2.27. The predicted octanol–water partition coefficient (Wildman–Crippen LogP) is 1.44. The molecule has 1 aromatic carbocycles. The minimum atomic E-state index is -1.02. The number of rotatable bonds is 2. The summed E-state index contributed by atoms with van der Waals surface area (Å²) in [4.78, 5) is 17.8. The van der Waals surface area contributed by atoms with Gasteiger partial charge in [0.05, 0.1) is 17.4 Å².